The molecule has 1 rings (SSSR count). The lowest BCUT2D eigenvalue weighted by Gasteiger charge is -2.00. The second kappa shape index (κ2) is 7.07. The quantitative estimate of drug-likeness (QED) is 0.592. The normalized spacial score (nSPS) is 9.00. The van der Waals surface area contributed by atoms with E-state index in [1.54, 1.807) is 13.0 Å². The molecule has 0 fully saturated rings. The summed E-state index contributed by atoms with van der Waals surface area (Å²) in [7, 11) is 1.30. The minimum atomic E-state index is -0.443. The topological polar surface area (TPSA) is 65.5 Å². The molecule has 0 amide bonds. The first-order valence-corrected chi connectivity index (χ1v) is 5.35. The SMILES string of the molecule is CCOC(=O)c1cncc(C#CCC(=O)OC)c1. The molecule has 0 bridgehead atoms. The van der Waals surface area contributed by atoms with Crippen molar-refractivity contribution in [3.63, 3.8) is 0 Å². The summed E-state index contributed by atoms with van der Waals surface area (Å²) in [5.41, 5.74) is 0.881. The van der Waals surface area contributed by atoms with Crippen molar-refractivity contribution in [2.45, 2.75) is 13.3 Å². The van der Waals surface area contributed by atoms with Gasteiger partial charge in [-0.15, -0.1) is 0 Å². The van der Waals surface area contributed by atoms with Crippen LogP contribution >= 0.6 is 0 Å². The van der Waals surface area contributed by atoms with Gasteiger partial charge >= 0.3 is 11.9 Å². The molecule has 1 heterocycles. The van der Waals surface area contributed by atoms with Gasteiger partial charge in [0.1, 0.15) is 6.42 Å². The van der Waals surface area contributed by atoms with E-state index in [9.17, 15) is 9.59 Å². The van der Waals surface area contributed by atoms with Gasteiger partial charge in [-0.1, -0.05) is 11.8 Å². The Labute approximate surface area is 105 Å². The van der Waals surface area contributed by atoms with Gasteiger partial charge in [-0.25, -0.2) is 4.79 Å². The summed E-state index contributed by atoms with van der Waals surface area (Å²) in [6.45, 7) is 2.03. The van der Waals surface area contributed by atoms with Gasteiger partial charge in [-0.3, -0.25) is 9.78 Å². The molecule has 0 spiro atoms. The van der Waals surface area contributed by atoms with Gasteiger partial charge in [0.05, 0.1) is 19.3 Å². The fourth-order valence-corrected chi connectivity index (χ4v) is 1.12. The number of carbonyl (C=O) groups is 2. The largest absolute Gasteiger partial charge is 0.468 e. The Morgan fingerprint density at radius 2 is 2.17 bits per heavy atom. The van der Waals surface area contributed by atoms with Gasteiger partial charge in [-0.2, -0.15) is 0 Å². The Morgan fingerprint density at radius 3 is 2.83 bits per heavy atom. The summed E-state index contributed by atoms with van der Waals surface area (Å²) in [4.78, 5) is 26.2. The lowest BCUT2D eigenvalue weighted by molar-refractivity contribution is -0.139. The van der Waals surface area contributed by atoms with Gasteiger partial charge in [0.15, 0.2) is 0 Å². The zero-order chi connectivity index (χ0) is 13.4. The molecular formula is C13H13NO4. The Balaban J connectivity index is 2.76. The molecule has 0 saturated carbocycles. The third-order valence-corrected chi connectivity index (χ3v) is 1.94. The molecule has 94 valence electrons. The van der Waals surface area contributed by atoms with Gasteiger partial charge < -0.3 is 9.47 Å². The average Bonchev–Trinajstić information content (AvgIpc) is 2.39. The average molecular weight is 247 g/mol. The Morgan fingerprint density at radius 1 is 1.39 bits per heavy atom. The summed E-state index contributed by atoms with van der Waals surface area (Å²) in [6.07, 6.45) is 2.91. The highest BCUT2D eigenvalue weighted by molar-refractivity contribution is 5.89. The number of ether oxygens (including phenoxy) is 2. The molecule has 0 N–H and O–H groups in total. The molecule has 5 nitrogen and oxygen atoms in total. The van der Waals surface area contributed by atoms with Gasteiger partial charge in [0.2, 0.25) is 0 Å². The zero-order valence-corrected chi connectivity index (χ0v) is 10.2. The van der Waals surface area contributed by atoms with Crippen molar-refractivity contribution in [1.82, 2.24) is 4.98 Å². The molecule has 0 atom stereocenters. The van der Waals surface area contributed by atoms with Crippen LogP contribution < -0.4 is 0 Å². The molecule has 1 aromatic rings. The van der Waals surface area contributed by atoms with E-state index in [-0.39, 0.29) is 6.42 Å². The van der Waals surface area contributed by atoms with E-state index in [0.29, 0.717) is 17.7 Å². The number of hydrogen-bond acceptors (Lipinski definition) is 5. The molecule has 0 aliphatic heterocycles. The van der Waals surface area contributed by atoms with E-state index in [0.717, 1.165) is 0 Å². The maximum absolute atomic E-state index is 11.4. The van der Waals surface area contributed by atoms with Crippen LogP contribution in [0.4, 0.5) is 0 Å². The lowest BCUT2D eigenvalue weighted by Crippen LogP contribution is -2.05. The van der Waals surface area contributed by atoms with E-state index in [2.05, 4.69) is 21.6 Å². The first-order valence-electron chi connectivity index (χ1n) is 5.35. The highest BCUT2D eigenvalue weighted by atomic mass is 16.5. The summed E-state index contributed by atoms with van der Waals surface area (Å²) < 4.78 is 9.29. The van der Waals surface area contributed by atoms with E-state index < -0.39 is 11.9 Å². The number of carbonyl (C=O) groups excluding carboxylic acids is 2. The molecule has 0 aliphatic rings. The Kier molecular flexibility index (Phi) is 5.39. The van der Waals surface area contributed by atoms with Gasteiger partial charge in [-0.05, 0) is 13.0 Å². The van der Waals surface area contributed by atoms with Crippen LogP contribution in [0.15, 0.2) is 18.5 Å². The number of hydrogen-bond donors (Lipinski definition) is 0. The van der Waals surface area contributed by atoms with E-state index in [1.807, 2.05) is 0 Å². The van der Waals surface area contributed by atoms with Gasteiger partial charge in [0.25, 0.3) is 0 Å². The molecule has 0 radical (unpaired) electrons. The molecule has 5 heteroatoms. The van der Waals surface area contributed by atoms with Crippen LogP contribution in [0.5, 0.6) is 0 Å². The Hall–Kier alpha value is -2.35. The third-order valence-electron chi connectivity index (χ3n) is 1.94. The predicted molar refractivity (Wildman–Crippen MR) is 63.7 cm³/mol. The van der Waals surface area contributed by atoms with Crippen LogP contribution in [-0.4, -0.2) is 30.6 Å². The van der Waals surface area contributed by atoms with Crippen LogP contribution in [-0.2, 0) is 14.3 Å². The maximum Gasteiger partial charge on any atom is 0.339 e. The summed E-state index contributed by atoms with van der Waals surface area (Å²) in [5.74, 6) is 4.51. The number of pyridine rings is 1. The summed E-state index contributed by atoms with van der Waals surface area (Å²) in [6, 6.07) is 1.56. The first kappa shape index (κ1) is 13.7. The smallest absolute Gasteiger partial charge is 0.339 e. The number of rotatable bonds is 3. The second-order valence-corrected chi connectivity index (χ2v) is 3.24. The Bertz CT molecular complexity index is 499. The lowest BCUT2D eigenvalue weighted by atomic mass is 10.2. The number of esters is 2. The van der Waals surface area contributed by atoms with Gasteiger partial charge in [0, 0.05) is 18.0 Å². The highest BCUT2D eigenvalue weighted by Gasteiger charge is 2.06. The van der Waals surface area contributed by atoms with Crippen molar-refractivity contribution in [3.8, 4) is 11.8 Å². The number of aromatic nitrogens is 1. The van der Waals surface area contributed by atoms with Crippen molar-refractivity contribution in [2.75, 3.05) is 13.7 Å². The van der Waals surface area contributed by atoms with E-state index in [4.69, 9.17) is 4.74 Å². The second-order valence-electron chi connectivity index (χ2n) is 3.24. The van der Waals surface area contributed by atoms with Crippen molar-refractivity contribution in [1.29, 1.82) is 0 Å². The van der Waals surface area contributed by atoms with Crippen LogP contribution in [0.1, 0.15) is 29.3 Å². The van der Waals surface area contributed by atoms with Crippen LogP contribution in [0.25, 0.3) is 0 Å². The van der Waals surface area contributed by atoms with E-state index >= 15 is 0 Å². The fraction of sp³-hybridized carbons (Fsp3) is 0.308. The standard InChI is InChI=1S/C13H13NO4/c1-3-18-13(16)11-7-10(8-14-9-11)5-4-6-12(15)17-2/h7-9H,3,6H2,1-2H3. The molecule has 0 aliphatic carbocycles. The molecule has 0 unspecified atom stereocenters. The number of nitrogens with zero attached hydrogens (tertiary/aromatic N) is 1. The number of methoxy groups -OCH3 is 1. The van der Waals surface area contributed by atoms with Crippen LogP contribution in [0, 0.1) is 11.8 Å². The minimum absolute atomic E-state index is 0.000133. The summed E-state index contributed by atoms with van der Waals surface area (Å²) >= 11 is 0. The highest BCUT2D eigenvalue weighted by Crippen LogP contribution is 2.03. The molecule has 18 heavy (non-hydrogen) atoms. The van der Waals surface area contributed by atoms with E-state index in [1.165, 1.54) is 19.5 Å². The molecular weight excluding hydrogens is 234 g/mol. The minimum Gasteiger partial charge on any atom is -0.468 e. The summed E-state index contributed by atoms with van der Waals surface area (Å²) in [5, 5.41) is 0. The predicted octanol–water partition coefficient (Wildman–Crippen LogP) is 1.17. The maximum atomic E-state index is 11.4. The van der Waals surface area contributed by atoms with Crippen LogP contribution in [0.2, 0.25) is 0 Å². The van der Waals surface area contributed by atoms with Crippen molar-refractivity contribution in [2.24, 2.45) is 0 Å². The fourth-order valence-electron chi connectivity index (χ4n) is 1.12. The first-order chi connectivity index (χ1) is 8.67. The molecule has 0 aromatic carbocycles. The van der Waals surface area contributed by atoms with Crippen LogP contribution in [0.3, 0.4) is 0 Å². The molecule has 1 aromatic heterocycles. The molecule has 0 saturated heterocycles. The van der Waals surface area contributed by atoms with Crippen molar-refractivity contribution < 1.29 is 19.1 Å². The monoisotopic (exact) mass is 247 g/mol. The zero-order valence-electron chi connectivity index (χ0n) is 10.2. The third kappa shape index (κ3) is 4.26. The van der Waals surface area contributed by atoms with Crippen molar-refractivity contribution >= 4 is 11.9 Å². The van der Waals surface area contributed by atoms with Crippen molar-refractivity contribution in [3.05, 3.63) is 29.6 Å².